The van der Waals surface area contributed by atoms with Gasteiger partial charge < -0.3 is 54.8 Å². The number of nitrogens with zero attached hydrogens (tertiary/aromatic N) is 5. The van der Waals surface area contributed by atoms with Crippen LogP contribution in [0.3, 0.4) is 0 Å². The number of carbonyl (C=O) groups excluding carboxylic acids is 8. The van der Waals surface area contributed by atoms with Gasteiger partial charge in [0.2, 0.25) is 0 Å². The molecule has 5 atom stereocenters. The number of fused-ring (bicyclic) bond motifs is 2. The van der Waals surface area contributed by atoms with Crippen LogP contribution < -0.4 is 37.9 Å². The summed E-state index contributed by atoms with van der Waals surface area (Å²) in [7, 11) is 2.89. The SMILES string of the molecule is C.C.C.C.CC(=O)[C@H](NC(=O)OC(C)(C)C)C(C)C.CC(C)[C@@H](N)c1oc2cc(Cl)ccc2c(=O)c1Cc1cccc(C#N)c1.CC(C)[C@@H](NC(=O)OC(C)(C)C)C(=O)CCc1cccc(C#N)c1.CC(C)[C@@H](NC(=O)OC(C)(C)C)c1oc2cc(Cl)ccc2c(=O)c1Cc1cccc(C#N)c1.CON(C)C(=O)[C@H](NC(=O)OC(C)(C)C)C(C)C.N#Cc1cccc(CBr)c1.O=C(Cl)c1ccc(Cl)cc1F. The zero-order chi connectivity index (χ0) is 104. The minimum atomic E-state index is -0.820. The van der Waals surface area contributed by atoms with Crippen LogP contribution in [0, 0.1) is 80.7 Å². The largest absolute Gasteiger partial charge is 0.459 e. The minimum Gasteiger partial charge on any atom is -0.459 e. The monoisotopic (exact) mass is 2090 g/mol. The van der Waals surface area contributed by atoms with Gasteiger partial charge in [-0.1, -0.05) is 198 Å². The van der Waals surface area contributed by atoms with Crippen molar-refractivity contribution in [2.75, 3.05) is 14.2 Å². The van der Waals surface area contributed by atoms with Crippen molar-refractivity contribution in [3.63, 3.8) is 0 Å². The molecule has 9 aromatic rings. The van der Waals surface area contributed by atoms with Crippen LogP contribution in [-0.4, -0.2) is 107 Å². The standard InChI is InChI=1S/C26H27ClN2O4.C21H19ClN2O2.C19H26N2O3.C12H24N2O4.C11H21NO3.C8H6BrN.C7H3Cl2FO.4CH4/c1-15(2)22(29-25(31)33-26(3,4)5)24-20(12-16-7-6-8-17(11-16)14-28)23(30)19-10-9-18(27)13-21(19)32-24;1-12(2)19(24)21-17(9-13-4-3-5-14(8-13)11-23)20(25)16-7-6-15(22)10-18(16)26-21;1-13(2)17(21-18(23)24-19(3,4)5)16(22)10-9-14-7-6-8-15(11-14)12-20;1-8(2)9(10(15)14(6)17-7)13-11(16)18-12(3,4)5;1-7(2)9(8(3)13)12-10(14)15-11(4,5)6;9-5-7-2-1-3-8(4-7)6-10;8-4-1-2-5(7(9)11)6(10)3-4;;;;/h6-11,13,15,22H,12H2,1-5H3,(H,29,31);3-8,10,12,19H,9,24H2,1-2H3;6-8,11,13,17H,9-10H2,1-5H3,(H,21,23);8-9H,1-7H3,(H,13,16);7,9H,1-6H3,(H,12,14);1-4H,5H2;1-3H;4*1H4/t22-;19-;17-;2*9-;;;;;;/m11111....../s1. The fourth-order valence-electron chi connectivity index (χ4n) is 12.5. The Balaban J connectivity index is 0. The molecule has 9 rings (SSSR count). The zero-order valence-corrected chi connectivity index (χ0v) is 86.9. The number of halogens is 6. The zero-order valence-electron chi connectivity index (χ0n) is 82.3. The highest BCUT2D eigenvalue weighted by Crippen LogP contribution is 2.33. The maximum absolute atomic E-state index is 13.5. The first-order valence-corrected chi connectivity index (χ1v) is 46.6. The van der Waals surface area contributed by atoms with Gasteiger partial charge in [0.25, 0.3) is 11.1 Å². The normalized spacial score (nSPS) is 11.8. The number of hydrogen-bond acceptors (Lipinski definition) is 22. The Hall–Kier alpha value is -12.0. The number of alkyl halides is 1. The van der Waals surface area contributed by atoms with E-state index in [9.17, 15) is 57.6 Å². The molecule has 0 radical (unpaired) electrons. The topological polar surface area (TPSA) is 416 Å². The van der Waals surface area contributed by atoms with E-state index >= 15 is 0 Å². The molecule has 0 unspecified atom stereocenters. The van der Waals surface area contributed by atoms with Gasteiger partial charge in [-0.2, -0.15) is 21.0 Å². The number of Topliss-reactive ketones (excluding diaryl/α,β-unsaturated/α-hetero) is 2. The number of likely N-dealkylation sites (N-methyl/N-ethyl adjacent to an activating group) is 1. The molecule has 0 bridgehead atoms. The lowest BCUT2D eigenvalue weighted by molar-refractivity contribution is -0.172. The van der Waals surface area contributed by atoms with Crippen LogP contribution in [0.2, 0.25) is 15.1 Å². The van der Waals surface area contributed by atoms with Crippen LogP contribution in [0.4, 0.5) is 23.6 Å². The van der Waals surface area contributed by atoms with Gasteiger partial charge in [0.15, 0.2) is 22.4 Å². The van der Waals surface area contributed by atoms with Gasteiger partial charge in [0, 0.05) is 70.0 Å². The Kier molecular flexibility index (Phi) is 57.3. The molecule has 5 amide bonds. The van der Waals surface area contributed by atoms with Crippen molar-refractivity contribution in [2.24, 2.45) is 35.3 Å². The van der Waals surface area contributed by atoms with E-state index in [1.165, 1.54) is 33.2 Å². The van der Waals surface area contributed by atoms with Crippen molar-refractivity contribution in [3.8, 4) is 24.3 Å². The highest BCUT2D eigenvalue weighted by molar-refractivity contribution is 9.08. The number of aryl methyl sites for hydroxylation is 1. The van der Waals surface area contributed by atoms with E-state index in [0.29, 0.717) is 90.6 Å². The predicted octanol–water partition coefficient (Wildman–Crippen LogP) is 25.8. The van der Waals surface area contributed by atoms with Crippen molar-refractivity contribution >= 4 is 131 Å². The first-order chi connectivity index (χ1) is 63.7. The fraction of sp³-hybridized carbons (Fsp3) is 0.444. The Bertz CT molecular complexity index is 5950. The highest BCUT2D eigenvalue weighted by atomic mass is 79.9. The molecule has 0 saturated heterocycles. The number of nitriles is 4. The van der Waals surface area contributed by atoms with E-state index in [1.54, 1.807) is 180 Å². The van der Waals surface area contributed by atoms with E-state index in [0.717, 1.165) is 44.3 Å². The average Bonchev–Trinajstić information content (AvgIpc) is 0.770. The number of carbonyl (C=O) groups is 8. The second-order valence-corrected chi connectivity index (χ2v) is 39.5. The molecule has 27 nitrogen and oxygen atoms in total. The summed E-state index contributed by atoms with van der Waals surface area (Å²) >= 11 is 26.0. The van der Waals surface area contributed by atoms with Gasteiger partial charge in [-0.3, -0.25) is 33.6 Å². The molecule has 6 N–H and O–H groups in total. The molecule has 2 heterocycles. The number of ether oxygens (including phenoxy) is 4. The number of alkyl carbamates (subject to hydrolysis) is 4. The first kappa shape index (κ1) is 131. The van der Waals surface area contributed by atoms with Crippen LogP contribution in [0.15, 0.2) is 170 Å². The van der Waals surface area contributed by atoms with Gasteiger partial charge in [-0.05, 0) is 251 Å². The Morgan fingerprint density at radius 3 is 1.13 bits per heavy atom. The van der Waals surface area contributed by atoms with Crippen molar-refractivity contribution in [2.45, 2.75) is 273 Å². The van der Waals surface area contributed by atoms with Crippen molar-refractivity contribution in [1.82, 2.24) is 26.3 Å². The third kappa shape index (κ3) is 47.0. The summed E-state index contributed by atoms with van der Waals surface area (Å²) in [6, 6.07) is 48.1. The summed E-state index contributed by atoms with van der Waals surface area (Å²) in [6.45, 7) is 41.8. The Labute approximate surface area is 860 Å². The third-order valence-corrected chi connectivity index (χ3v) is 20.8. The summed E-state index contributed by atoms with van der Waals surface area (Å²) in [5.41, 5.74) is 11.2. The molecule has 2 aromatic heterocycles. The molecular weight excluding hydrogens is 1950 g/mol. The Morgan fingerprint density at radius 2 is 0.794 bits per heavy atom. The maximum Gasteiger partial charge on any atom is 0.408 e. The molecule has 0 aliphatic rings. The van der Waals surface area contributed by atoms with Gasteiger partial charge in [-0.25, -0.2) is 28.6 Å². The number of amides is 5. The fourth-order valence-corrected chi connectivity index (χ4v) is 13.5. The van der Waals surface area contributed by atoms with Crippen molar-refractivity contribution < 1.29 is 75.4 Å². The lowest BCUT2D eigenvalue weighted by Gasteiger charge is -2.27. The summed E-state index contributed by atoms with van der Waals surface area (Å²) in [6.07, 6.45) is -0.915. The average molecular weight is 2090 g/mol. The van der Waals surface area contributed by atoms with E-state index < -0.39 is 88.0 Å². The second-order valence-electron chi connectivity index (χ2n) is 37.3. The lowest BCUT2D eigenvalue weighted by Crippen LogP contribution is -2.51. The molecule has 141 heavy (non-hydrogen) atoms. The number of ketones is 2. The lowest BCUT2D eigenvalue weighted by atomic mass is 9.93. The van der Waals surface area contributed by atoms with Crippen LogP contribution in [0.25, 0.3) is 21.9 Å². The number of rotatable bonds is 24. The molecule has 0 aliphatic carbocycles. The van der Waals surface area contributed by atoms with Gasteiger partial charge in [-0.15, -0.1) is 0 Å². The molecular formula is C108H142BrCl4FN10O17. The van der Waals surface area contributed by atoms with Gasteiger partial charge >= 0.3 is 24.4 Å². The van der Waals surface area contributed by atoms with E-state index in [-0.39, 0.29) is 105 Å². The number of hydroxylamine groups is 2. The van der Waals surface area contributed by atoms with Crippen LogP contribution in [0.5, 0.6) is 0 Å². The van der Waals surface area contributed by atoms with Crippen LogP contribution in [0.1, 0.15) is 285 Å². The van der Waals surface area contributed by atoms with Gasteiger partial charge in [0.05, 0.1) is 94.1 Å². The molecule has 33 heteroatoms. The van der Waals surface area contributed by atoms with Crippen LogP contribution in [-0.2, 0) is 62.8 Å². The molecule has 7 aromatic carbocycles. The molecule has 768 valence electrons. The molecule has 0 saturated carbocycles. The number of benzene rings is 7. The summed E-state index contributed by atoms with van der Waals surface area (Å²) in [5, 5.41) is 49.5. The quantitative estimate of drug-likeness (QED) is 0.0162. The number of hydrogen-bond donors (Lipinski definition) is 5. The number of nitrogens with two attached hydrogens (primary N) is 1. The highest BCUT2D eigenvalue weighted by Gasteiger charge is 2.34. The minimum absolute atomic E-state index is 0. The van der Waals surface area contributed by atoms with Crippen molar-refractivity contribution in [3.05, 3.63) is 266 Å². The number of nitrogens with one attached hydrogen (secondary N) is 4. The van der Waals surface area contributed by atoms with E-state index in [4.69, 9.17) is 101 Å². The Morgan fingerprint density at radius 1 is 0.461 bits per heavy atom. The smallest absolute Gasteiger partial charge is 0.408 e. The summed E-state index contributed by atoms with van der Waals surface area (Å²) in [5.74, 6) is -0.348. The third-order valence-electron chi connectivity index (χ3n) is 19.2. The molecule has 0 fully saturated rings. The van der Waals surface area contributed by atoms with E-state index in [2.05, 4.69) is 61.5 Å². The van der Waals surface area contributed by atoms with Crippen molar-refractivity contribution in [1.29, 1.82) is 21.0 Å². The maximum atomic E-state index is 13.5. The summed E-state index contributed by atoms with van der Waals surface area (Å²) in [4.78, 5) is 125. The first-order valence-electron chi connectivity index (χ1n) is 44.0. The van der Waals surface area contributed by atoms with Gasteiger partial charge in [0.1, 0.15) is 56.9 Å². The molecule has 0 aliphatic heterocycles. The summed E-state index contributed by atoms with van der Waals surface area (Å²) < 4.78 is 45.8. The van der Waals surface area contributed by atoms with E-state index in [1.807, 2.05) is 106 Å². The molecule has 0 spiro atoms. The second kappa shape index (κ2) is 61.6. The van der Waals surface area contributed by atoms with Crippen LogP contribution >= 0.6 is 62.3 Å². The predicted molar refractivity (Wildman–Crippen MR) is 563 cm³/mol.